The van der Waals surface area contributed by atoms with Gasteiger partial charge in [0, 0.05) is 17.8 Å². The van der Waals surface area contributed by atoms with Crippen LogP contribution < -0.4 is 16.0 Å². The van der Waals surface area contributed by atoms with Crippen LogP contribution in [0, 0.1) is 17.0 Å². The minimum atomic E-state index is -0.472. The molecule has 0 bridgehead atoms. The van der Waals surface area contributed by atoms with E-state index in [1.165, 1.54) is 6.07 Å². The van der Waals surface area contributed by atoms with E-state index in [-0.39, 0.29) is 18.0 Å². The Balaban J connectivity index is 2.22. The number of benzene rings is 1. The molecule has 0 radical (unpaired) electrons. The number of ether oxygens (including phenoxy) is 1. The molecule has 0 saturated heterocycles. The van der Waals surface area contributed by atoms with Crippen LogP contribution in [0.4, 0.5) is 11.5 Å². The number of hydrogen-bond acceptors (Lipinski definition) is 6. The first-order valence-corrected chi connectivity index (χ1v) is 5.90. The summed E-state index contributed by atoms with van der Waals surface area (Å²) in [5.74, 6) is 6.04. The zero-order valence-corrected chi connectivity index (χ0v) is 10.9. The number of hydrazine groups is 1. The molecule has 0 saturated carbocycles. The highest BCUT2D eigenvalue weighted by molar-refractivity contribution is 5.49. The molecule has 2 aromatic rings. The molecule has 1 aromatic heterocycles. The first-order valence-electron chi connectivity index (χ1n) is 5.90. The fraction of sp³-hybridized carbons (Fsp3) is 0.154. The number of anilines is 1. The molecule has 104 valence electrons. The van der Waals surface area contributed by atoms with E-state index in [1.54, 1.807) is 30.5 Å². The van der Waals surface area contributed by atoms with E-state index >= 15 is 0 Å². The summed E-state index contributed by atoms with van der Waals surface area (Å²) in [4.78, 5) is 14.5. The number of hydrogen-bond donors (Lipinski definition) is 2. The molecular weight excluding hydrogens is 260 g/mol. The fourth-order valence-corrected chi connectivity index (χ4v) is 1.73. The Kier molecular flexibility index (Phi) is 4.11. The van der Waals surface area contributed by atoms with Crippen molar-refractivity contribution in [3.8, 4) is 5.75 Å². The molecule has 0 aliphatic rings. The largest absolute Gasteiger partial charge is 0.482 e. The highest BCUT2D eigenvalue weighted by Crippen LogP contribution is 2.28. The zero-order valence-electron chi connectivity index (χ0n) is 10.9. The van der Waals surface area contributed by atoms with Crippen molar-refractivity contribution in [1.29, 1.82) is 0 Å². The maximum absolute atomic E-state index is 10.9. The summed E-state index contributed by atoms with van der Waals surface area (Å²) in [5.41, 5.74) is 3.98. The molecule has 0 atom stereocenters. The van der Waals surface area contributed by atoms with Gasteiger partial charge < -0.3 is 10.2 Å². The average Bonchev–Trinajstić information content (AvgIpc) is 2.45. The number of nitrogens with two attached hydrogens (primary N) is 1. The van der Waals surface area contributed by atoms with E-state index in [9.17, 15) is 10.1 Å². The van der Waals surface area contributed by atoms with E-state index < -0.39 is 4.92 Å². The number of nitro benzene ring substituents is 1. The molecule has 20 heavy (non-hydrogen) atoms. The summed E-state index contributed by atoms with van der Waals surface area (Å²) in [6.07, 6.45) is 1.59. The summed E-state index contributed by atoms with van der Waals surface area (Å²) in [6, 6.07) is 8.25. The molecule has 7 heteroatoms. The number of aromatic nitrogens is 1. The van der Waals surface area contributed by atoms with E-state index in [0.717, 1.165) is 5.56 Å². The molecule has 1 aromatic carbocycles. The molecule has 1 heterocycles. The van der Waals surface area contributed by atoms with Crippen molar-refractivity contribution in [3.05, 3.63) is 57.8 Å². The smallest absolute Gasteiger partial charge is 0.310 e. The number of aryl methyl sites for hydroxylation is 1. The Hall–Kier alpha value is -2.67. The summed E-state index contributed by atoms with van der Waals surface area (Å²) >= 11 is 0. The van der Waals surface area contributed by atoms with Crippen molar-refractivity contribution in [2.45, 2.75) is 13.5 Å². The Morgan fingerprint density at radius 3 is 2.95 bits per heavy atom. The maximum Gasteiger partial charge on any atom is 0.310 e. The predicted octanol–water partition coefficient (Wildman–Crippen LogP) is 2.16. The second-order valence-corrected chi connectivity index (χ2v) is 4.17. The van der Waals surface area contributed by atoms with Gasteiger partial charge in [-0.2, -0.15) is 0 Å². The van der Waals surface area contributed by atoms with Crippen LogP contribution in [0.2, 0.25) is 0 Å². The van der Waals surface area contributed by atoms with E-state index in [1.807, 2.05) is 6.92 Å². The molecule has 2 rings (SSSR count). The van der Waals surface area contributed by atoms with Crippen LogP contribution in [0.25, 0.3) is 0 Å². The van der Waals surface area contributed by atoms with Gasteiger partial charge in [0.05, 0.1) is 4.92 Å². The fourth-order valence-electron chi connectivity index (χ4n) is 1.73. The van der Waals surface area contributed by atoms with Gasteiger partial charge in [0.25, 0.3) is 0 Å². The van der Waals surface area contributed by atoms with Gasteiger partial charge >= 0.3 is 5.69 Å². The highest BCUT2D eigenvalue weighted by atomic mass is 16.6. The molecule has 0 aliphatic heterocycles. The van der Waals surface area contributed by atoms with Crippen LogP contribution in [0.1, 0.15) is 11.1 Å². The van der Waals surface area contributed by atoms with Gasteiger partial charge in [0.2, 0.25) is 0 Å². The molecule has 0 amide bonds. The Bertz CT molecular complexity index is 631. The molecular formula is C13H14N4O3. The average molecular weight is 274 g/mol. The van der Waals surface area contributed by atoms with Crippen molar-refractivity contribution >= 4 is 11.5 Å². The van der Waals surface area contributed by atoms with E-state index in [4.69, 9.17) is 10.6 Å². The quantitative estimate of drug-likeness (QED) is 0.492. The topological polar surface area (TPSA) is 103 Å². The molecule has 7 nitrogen and oxygen atoms in total. The van der Waals surface area contributed by atoms with Gasteiger partial charge in [-0.3, -0.25) is 10.1 Å². The summed E-state index contributed by atoms with van der Waals surface area (Å²) < 4.78 is 5.53. The summed E-state index contributed by atoms with van der Waals surface area (Å²) in [7, 11) is 0. The minimum Gasteiger partial charge on any atom is -0.482 e. The lowest BCUT2D eigenvalue weighted by molar-refractivity contribution is -0.386. The van der Waals surface area contributed by atoms with Crippen LogP contribution in [-0.2, 0) is 6.61 Å². The van der Waals surface area contributed by atoms with Gasteiger partial charge in [-0.1, -0.05) is 12.1 Å². The van der Waals surface area contributed by atoms with Crippen LogP contribution in [0.5, 0.6) is 5.75 Å². The second kappa shape index (κ2) is 5.98. The van der Waals surface area contributed by atoms with Crippen LogP contribution in [-0.4, -0.2) is 9.91 Å². The Labute approximate surface area is 115 Å². The van der Waals surface area contributed by atoms with Gasteiger partial charge in [0.1, 0.15) is 12.4 Å². The highest BCUT2D eigenvalue weighted by Gasteiger charge is 2.15. The Morgan fingerprint density at radius 1 is 1.45 bits per heavy atom. The van der Waals surface area contributed by atoms with Crippen molar-refractivity contribution in [2.75, 3.05) is 5.43 Å². The van der Waals surface area contributed by atoms with Crippen LogP contribution in [0.3, 0.4) is 0 Å². The maximum atomic E-state index is 10.9. The van der Waals surface area contributed by atoms with Crippen LogP contribution in [0.15, 0.2) is 36.5 Å². The number of nitrogen functional groups attached to an aromatic ring is 1. The molecule has 0 spiro atoms. The molecule has 3 N–H and O–H groups in total. The number of pyridine rings is 1. The van der Waals surface area contributed by atoms with Crippen molar-refractivity contribution in [1.82, 2.24) is 4.98 Å². The monoisotopic (exact) mass is 274 g/mol. The van der Waals surface area contributed by atoms with Crippen LogP contribution >= 0.6 is 0 Å². The van der Waals surface area contributed by atoms with E-state index in [2.05, 4.69) is 10.4 Å². The summed E-state index contributed by atoms with van der Waals surface area (Å²) in [6.45, 7) is 1.98. The third kappa shape index (κ3) is 3.01. The first-order chi connectivity index (χ1) is 9.61. The number of rotatable bonds is 5. The zero-order chi connectivity index (χ0) is 14.5. The predicted molar refractivity (Wildman–Crippen MR) is 74.2 cm³/mol. The van der Waals surface area contributed by atoms with Gasteiger partial charge in [0.15, 0.2) is 5.75 Å². The normalized spacial score (nSPS) is 10.1. The second-order valence-electron chi connectivity index (χ2n) is 4.17. The van der Waals surface area contributed by atoms with Gasteiger partial charge in [-0.05, 0) is 24.6 Å². The molecule has 0 unspecified atom stereocenters. The number of nitrogens with zero attached hydrogens (tertiary/aromatic N) is 2. The Morgan fingerprint density at radius 2 is 2.25 bits per heavy atom. The SMILES string of the molecule is Cc1ccc([N+](=O)[O-])c(OCc2cccnc2NN)c1. The number of nitro groups is 1. The lowest BCUT2D eigenvalue weighted by Crippen LogP contribution is -2.12. The third-order valence-electron chi connectivity index (χ3n) is 2.72. The van der Waals surface area contributed by atoms with Crippen molar-refractivity contribution in [2.24, 2.45) is 5.84 Å². The van der Waals surface area contributed by atoms with Gasteiger partial charge in [-0.15, -0.1) is 0 Å². The summed E-state index contributed by atoms with van der Waals surface area (Å²) in [5, 5.41) is 10.9. The lowest BCUT2D eigenvalue weighted by atomic mass is 10.2. The molecule has 0 aliphatic carbocycles. The minimum absolute atomic E-state index is 0.0678. The van der Waals surface area contributed by atoms with Crippen molar-refractivity contribution in [3.63, 3.8) is 0 Å². The van der Waals surface area contributed by atoms with Crippen molar-refractivity contribution < 1.29 is 9.66 Å². The lowest BCUT2D eigenvalue weighted by Gasteiger charge is -2.10. The third-order valence-corrected chi connectivity index (χ3v) is 2.72. The molecule has 0 fully saturated rings. The van der Waals surface area contributed by atoms with E-state index in [0.29, 0.717) is 11.4 Å². The van der Waals surface area contributed by atoms with Gasteiger partial charge in [-0.25, -0.2) is 10.8 Å². The standard InChI is InChI=1S/C13H14N4O3/c1-9-4-5-11(17(18)19)12(7-9)20-8-10-3-2-6-15-13(10)16-14/h2-7H,8,14H2,1H3,(H,15,16). The first kappa shape index (κ1) is 13.8. The number of nitrogens with one attached hydrogen (secondary N) is 1.